The number of alkyl halides is 2. The van der Waals surface area contributed by atoms with Crippen LogP contribution in [0.2, 0.25) is 5.02 Å². The van der Waals surface area contributed by atoms with Gasteiger partial charge < -0.3 is 15.8 Å². The smallest absolute Gasteiger partial charge is 0.387 e. The third-order valence-corrected chi connectivity index (χ3v) is 3.79. The molecule has 0 atom stereocenters. The van der Waals surface area contributed by atoms with Gasteiger partial charge in [0, 0.05) is 22.5 Å². The summed E-state index contributed by atoms with van der Waals surface area (Å²) in [7, 11) is 0. The number of benzene rings is 1. The highest BCUT2D eigenvalue weighted by molar-refractivity contribution is 7.10. The Bertz CT molecular complexity index is 649. The molecule has 0 bridgehead atoms. The van der Waals surface area contributed by atoms with Crippen LogP contribution in [0.15, 0.2) is 29.6 Å². The van der Waals surface area contributed by atoms with Crippen molar-refractivity contribution in [3.05, 3.63) is 45.1 Å². The summed E-state index contributed by atoms with van der Waals surface area (Å²) in [4.78, 5) is 11.9. The van der Waals surface area contributed by atoms with Crippen molar-refractivity contribution < 1.29 is 18.3 Å². The maximum atomic E-state index is 12.1. The molecule has 8 heteroatoms. The molecule has 1 aromatic carbocycles. The lowest BCUT2D eigenvalue weighted by molar-refractivity contribution is -0.0497. The molecule has 4 nitrogen and oxygen atoms in total. The van der Waals surface area contributed by atoms with Gasteiger partial charge in [-0.1, -0.05) is 11.6 Å². The number of primary amides is 1. The molecule has 0 aliphatic rings. The number of amides is 1. The van der Waals surface area contributed by atoms with E-state index in [1.807, 2.05) is 0 Å². The van der Waals surface area contributed by atoms with E-state index < -0.39 is 12.5 Å². The summed E-state index contributed by atoms with van der Waals surface area (Å²) >= 11 is 7.24. The zero-order chi connectivity index (χ0) is 15.4. The predicted octanol–water partition coefficient (Wildman–Crippen LogP) is 3.71. The van der Waals surface area contributed by atoms with Crippen LogP contribution in [0.25, 0.3) is 0 Å². The Morgan fingerprint density at radius 3 is 2.76 bits per heavy atom. The molecule has 0 saturated carbocycles. The lowest BCUT2D eigenvalue weighted by Gasteiger charge is -2.09. The summed E-state index contributed by atoms with van der Waals surface area (Å²) in [6.07, 6.45) is 0. The summed E-state index contributed by atoms with van der Waals surface area (Å²) in [5, 5.41) is 4.83. The highest BCUT2D eigenvalue weighted by Gasteiger charge is 2.09. The number of rotatable bonds is 6. The number of ether oxygens (including phenoxy) is 1. The second-order valence-electron chi connectivity index (χ2n) is 4.04. The van der Waals surface area contributed by atoms with Gasteiger partial charge in [-0.15, -0.1) is 11.3 Å². The fourth-order valence-electron chi connectivity index (χ4n) is 1.59. The van der Waals surface area contributed by atoms with Crippen LogP contribution in [0.5, 0.6) is 5.75 Å². The number of halogens is 3. The van der Waals surface area contributed by atoms with Crippen LogP contribution in [0, 0.1) is 0 Å². The first-order chi connectivity index (χ1) is 9.95. The minimum atomic E-state index is -2.92. The fourth-order valence-corrected chi connectivity index (χ4v) is 2.63. The van der Waals surface area contributed by atoms with E-state index in [9.17, 15) is 13.6 Å². The number of nitrogens with two attached hydrogens (primary N) is 1. The third kappa shape index (κ3) is 4.30. The van der Waals surface area contributed by atoms with Gasteiger partial charge in [-0.05, 0) is 24.3 Å². The highest BCUT2D eigenvalue weighted by Crippen LogP contribution is 2.29. The normalized spacial score (nSPS) is 10.7. The van der Waals surface area contributed by atoms with E-state index in [4.69, 9.17) is 17.3 Å². The molecule has 0 fully saturated rings. The van der Waals surface area contributed by atoms with Crippen molar-refractivity contribution in [3.8, 4) is 5.75 Å². The minimum Gasteiger partial charge on any atom is -0.433 e. The molecule has 1 heterocycles. The molecule has 0 radical (unpaired) electrons. The van der Waals surface area contributed by atoms with Gasteiger partial charge in [-0.3, -0.25) is 4.79 Å². The van der Waals surface area contributed by atoms with E-state index in [-0.39, 0.29) is 10.8 Å². The van der Waals surface area contributed by atoms with Crippen LogP contribution in [-0.4, -0.2) is 12.5 Å². The fraction of sp³-hybridized carbons (Fsp3) is 0.154. The van der Waals surface area contributed by atoms with Gasteiger partial charge in [0.2, 0.25) is 5.91 Å². The molecule has 0 aliphatic heterocycles. The molecule has 2 aromatic rings. The average Bonchev–Trinajstić information content (AvgIpc) is 2.88. The molecule has 0 unspecified atom stereocenters. The van der Waals surface area contributed by atoms with Gasteiger partial charge >= 0.3 is 6.61 Å². The van der Waals surface area contributed by atoms with Crippen molar-refractivity contribution >= 4 is 34.5 Å². The Hall–Kier alpha value is -1.86. The Morgan fingerprint density at radius 1 is 1.43 bits per heavy atom. The maximum absolute atomic E-state index is 12.1. The molecule has 1 amide bonds. The van der Waals surface area contributed by atoms with E-state index in [2.05, 4.69) is 10.1 Å². The van der Waals surface area contributed by atoms with Gasteiger partial charge in [0.15, 0.2) is 0 Å². The summed E-state index contributed by atoms with van der Waals surface area (Å²) in [5.41, 5.74) is 6.27. The van der Waals surface area contributed by atoms with Crippen LogP contribution in [0.3, 0.4) is 0 Å². The average molecular weight is 333 g/mol. The first-order valence-electron chi connectivity index (χ1n) is 5.81. The lowest BCUT2D eigenvalue weighted by atomic mass is 10.2. The zero-order valence-electron chi connectivity index (χ0n) is 10.6. The lowest BCUT2D eigenvalue weighted by Crippen LogP contribution is -2.09. The van der Waals surface area contributed by atoms with Gasteiger partial charge in [0.25, 0.3) is 0 Å². The van der Waals surface area contributed by atoms with Crippen molar-refractivity contribution in [2.45, 2.75) is 13.2 Å². The number of carbonyl (C=O) groups is 1. The second kappa shape index (κ2) is 6.73. The quantitative estimate of drug-likeness (QED) is 0.847. The molecular weight excluding hydrogens is 322 g/mol. The number of hydrogen-bond donors (Lipinski definition) is 2. The van der Waals surface area contributed by atoms with E-state index in [0.717, 1.165) is 4.88 Å². The third-order valence-electron chi connectivity index (χ3n) is 2.55. The topological polar surface area (TPSA) is 64.4 Å². The monoisotopic (exact) mass is 332 g/mol. The van der Waals surface area contributed by atoms with Gasteiger partial charge in [-0.2, -0.15) is 8.78 Å². The molecule has 21 heavy (non-hydrogen) atoms. The molecule has 0 aliphatic carbocycles. The predicted molar refractivity (Wildman–Crippen MR) is 78.2 cm³/mol. The molecule has 0 saturated heterocycles. The highest BCUT2D eigenvalue weighted by atomic mass is 35.5. The van der Waals surface area contributed by atoms with Crippen molar-refractivity contribution in [1.82, 2.24) is 0 Å². The number of thiophene rings is 1. The summed E-state index contributed by atoms with van der Waals surface area (Å²) in [6, 6.07) is 6.12. The van der Waals surface area contributed by atoms with Crippen LogP contribution in [-0.2, 0) is 6.54 Å². The molecule has 1 aromatic heterocycles. The first-order valence-corrected chi connectivity index (χ1v) is 7.07. The van der Waals surface area contributed by atoms with E-state index >= 15 is 0 Å². The summed E-state index contributed by atoms with van der Waals surface area (Å²) in [6.45, 7) is -2.46. The molecule has 112 valence electrons. The van der Waals surface area contributed by atoms with Crippen LogP contribution >= 0.6 is 22.9 Å². The number of anilines is 1. The zero-order valence-corrected chi connectivity index (χ0v) is 12.2. The minimum absolute atomic E-state index is 0.0793. The van der Waals surface area contributed by atoms with Gasteiger partial charge in [0.05, 0.1) is 10.6 Å². The molecule has 3 N–H and O–H groups in total. The second-order valence-corrected chi connectivity index (χ2v) is 5.45. The molecule has 2 rings (SSSR count). The Kier molecular flexibility index (Phi) is 4.98. The largest absolute Gasteiger partial charge is 0.433 e. The maximum Gasteiger partial charge on any atom is 0.387 e. The van der Waals surface area contributed by atoms with Crippen molar-refractivity contribution in [2.24, 2.45) is 5.73 Å². The number of hydrogen-bond acceptors (Lipinski definition) is 4. The van der Waals surface area contributed by atoms with E-state index in [1.165, 1.54) is 23.5 Å². The first kappa shape index (κ1) is 15.5. The van der Waals surface area contributed by atoms with Crippen molar-refractivity contribution in [1.29, 1.82) is 0 Å². The summed E-state index contributed by atoms with van der Waals surface area (Å²) in [5.74, 6) is -0.557. The SMILES string of the molecule is NC(=O)c1csc(CNc2ccc(OC(F)F)c(Cl)c2)c1. The van der Waals surface area contributed by atoms with Gasteiger partial charge in [0.1, 0.15) is 5.75 Å². The van der Waals surface area contributed by atoms with Crippen molar-refractivity contribution in [2.75, 3.05) is 5.32 Å². The summed E-state index contributed by atoms with van der Waals surface area (Å²) < 4.78 is 28.5. The van der Waals surface area contributed by atoms with E-state index in [0.29, 0.717) is 17.8 Å². The molecule has 0 spiro atoms. The number of nitrogens with one attached hydrogen (secondary N) is 1. The Labute approximate surface area is 128 Å². The number of carbonyl (C=O) groups excluding carboxylic acids is 1. The van der Waals surface area contributed by atoms with E-state index in [1.54, 1.807) is 17.5 Å². The Morgan fingerprint density at radius 2 is 2.19 bits per heavy atom. The standard InChI is InChI=1S/C13H11ClF2N2O2S/c14-10-4-8(1-2-11(10)20-13(15)16)18-5-9-3-7(6-21-9)12(17)19/h1-4,6,13,18H,5H2,(H2,17,19). The Balaban J connectivity index is 1.99. The van der Waals surface area contributed by atoms with Crippen LogP contribution in [0.4, 0.5) is 14.5 Å². The molecular formula is C13H11ClF2N2O2S. The van der Waals surface area contributed by atoms with Crippen LogP contribution < -0.4 is 15.8 Å². The van der Waals surface area contributed by atoms with Crippen LogP contribution in [0.1, 0.15) is 15.2 Å². The van der Waals surface area contributed by atoms with Crippen molar-refractivity contribution in [3.63, 3.8) is 0 Å². The van der Waals surface area contributed by atoms with Gasteiger partial charge in [-0.25, -0.2) is 0 Å².